The Morgan fingerprint density at radius 2 is 0.960 bits per heavy atom. The van der Waals surface area contributed by atoms with Crippen molar-refractivity contribution in [3.8, 4) is 9.88 Å². The number of carbonyl (C=O) groups is 4. The van der Waals surface area contributed by atoms with E-state index in [0.29, 0.717) is 12.8 Å². The van der Waals surface area contributed by atoms with Crippen LogP contribution in [0.2, 0.25) is 0 Å². The van der Waals surface area contributed by atoms with Crippen LogP contribution in [0.15, 0.2) is 137 Å². The molecule has 0 saturated heterocycles. The molecule has 7 aromatic rings. The van der Waals surface area contributed by atoms with E-state index < -0.39 is 62.9 Å². The summed E-state index contributed by atoms with van der Waals surface area (Å²) in [5.41, 5.74) is 5.17. The Morgan fingerprint density at radius 3 is 1.35 bits per heavy atom. The summed E-state index contributed by atoms with van der Waals surface area (Å²) in [5.74, 6) is -0.787. The number of thiophene rings is 1. The van der Waals surface area contributed by atoms with E-state index in [1.54, 1.807) is 46.9 Å². The number of benzene rings is 4. The van der Waals surface area contributed by atoms with E-state index in [9.17, 15) is 45.1 Å². The lowest BCUT2D eigenvalue weighted by atomic mass is 10.0. The maximum atomic E-state index is 13.5. The molecule has 0 fully saturated rings. The minimum Gasteiger partial charge on any atom is -0.731 e. The lowest BCUT2D eigenvalue weighted by Gasteiger charge is -2.21. The molecule has 25 heteroatoms. The van der Waals surface area contributed by atoms with Crippen molar-refractivity contribution >= 4 is 90.0 Å². The van der Waals surface area contributed by atoms with Crippen LogP contribution < -0.4 is 40.7 Å². The Labute approximate surface area is 446 Å². The number of aromatic nitrogens is 2. The minimum atomic E-state index is -4.64. The predicted octanol–water partition coefficient (Wildman–Crippen LogP) is 5.89. The molecular weight excluding hydrogens is 1060 g/mol. The van der Waals surface area contributed by atoms with Gasteiger partial charge in [-0.15, -0.1) is 11.3 Å². The molecule has 0 aliphatic heterocycles. The fourth-order valence-corrected chi connectivity index (χ4v) is 10.8. The van der Waals surface area contributed by atoms with Gasteiger partial charge in [0.05, 0.1) is 25.0 Å². The van der Waals surface area contributed by atoms with Crippen molar-refractivity contribution in [2.24, 2.45) is 0 Å². The lowest BCUT2D eigenvalue weighted by Crippen LogP contribution is -2.49. The maximum absolute atomic E-state index is 13.5. The van der Waals surface area contributed by atoms with Crippen LogP contribution in [0, 0.1) is 0 Å². The number of thiazole rings is 2. The summed E-state index contributed by atoms with van der Waals surface area (Å²) in [6.07, 6.45) is 0.622. The number of aromatic amines is 2. The molecule has 3 aromatic heterocycles. The van der Waals surface area contributed by atoms with E-state index in [0.717, 1.165) is 55.0 Å². The van der Waals surface area contributed by atoms with E-state index in [1.807, 2.05) is 105 Å². The fourth-order valence-electron chi connectivity index (χ4n) is 7.43. The zero-order valence-electron chi connectivity index (χ0n) is 40.6. The summed E-state index contributed by atoms with van der Waals surface area (Å²) >= 11 is 4.64. The topological polar surface area (TPSA) is 302 Å². The third-order valence-electron chi connectivity index (χ3n) is 11.0. The molecular formula is C50H54N8O12S5. The van der Waals surface area contributed by atoms with Crippen LogP contribution in [0.3, 0.4) is 0 Å². The Morgan fingerprint density at radius 1 is 0.533 bits per heavy atom. The van der Waals surface area contributed by atoms with Gasteiger partial charge in [-0.25, -0.2) is 31.4 Å². The highest BCUT2D eigenvalue weighted by molar-refractivity contribution is 7.87. The minimum absolute atomic E-state index is 0.140. The van der Waals surface area contributed by atoms with Crippen molar-refractivity contribution < 1.29 is 64.6 Å². The van der Waals surface area contributed by atoms with E-state index in [1.165, 1.54) is 49.8 Å². The molecule has 4 atom stereocenters. The molecule has 20 nitrogen and oxygen atoms in total. The van der Waals surface area contributed by atoms with E-state index >= 15 is 0 Å². The summed E-state index contributed by atoms with van der Waals surface area (Å²) in [7, 11) is -6.80. The van der Waals surface area contributed by atoms with Crippen LogP contribution in [-0.4, -0.2) is 76.2 Å². The van der Waals surface area contributed by atoms with E-state index in [4.69, 9.17) is 9.47 Å². The normalized spacial score (nSPS) is 12.8. The van der Waals surface area contributed by atoms with Crippen LogP contribution in [0.5, 0.6) is 0 Å². The Balaban J connectivity index is 0.000000245. The van der Waals surface area contributed by atoms with Crippen molar-refractivity contribution in [1.82, 2.24) is 21.3 Å². The molecule has 8 N–H and O–H groups in total. The van der Waals surface area contributed by atoms with Crippen molar-refractivity contribution in [1.29, 1.82) is 0 Å². The van der Waals surface area contributed by atoms with Crippen molar-refractivity contribution in [2.45, 2.75) is 63.2 Å². The summed E-state index contributed by atoms with van der Waals surface area (Å²) in [6.45, 7) is 2.02. The summed E-state index contributed by atoms with van der Waals surface area (Å²) in [5, 5.41) is 19.1. The molecule has 75 heavy (non-hydrogen) atoms. The van der Waals surface area contributed by atoms with Crippen LogP contribution in [-0.2, 0) is 71.8 Å². The molecule has 2 unspecified atom stereocenters. The number of hydrogen-bond donors (Lipinski definition) is 6. The zero-order chi connectivity index (χ0) is 54.0. The highest BCUT2D eigenvalue weighted by Crippen LogP contribution is 2.28. The molecule has 0 aliphatic carbocycles. The van der Waals surface area contributed by atoms with Gasteiger partial charge in [-0.2, -0.15) is 4.98 Å². The number of aryl methyl sites for hydroxylation is 1. The highest BCUT2D eigenvalue weighted by atomic mass is 32.2. The van der Waals surface area contributed by atoms with Crippen molar-refractivity contribution in [3.63, 3.8) is 0 Å². The first-order chi connectivity index (χ1) is 35.9. The van der Waals surface area contributed by atoms with Crippen LogP contribution >= 0.6 is 34.0 Å². The first kappa shape index (κ1) is 57.0. The lowest BCUT2D eigenvalue weighted by molar-refractivity contribution is -0.397. The van der Waals surface area contributed by atoms with Crippen LogP contribution in [0.4, 0.5) is 21.0 Å². The Hall–Kier alpha value is -7.26. The first-order valence-electron chi connectivity index (χ1n) is 22.9. The van der Waals surface area contributed by atoms with Crippen molar-refractivity contribution in [3.05, 3.63) is 176 Å². The van der Waals surface area contributed by atoms with Gasteiger partial charge < -0.3 is 39.8 Å². The second-order valence-corrected chi connectivity index (χ2v) is 21.5. The van der Waals surface area contributed by atoms with Crippen LogP contribution in [0.1, 0.15) is 57.7 Å². The third-order valence-corrected chi connectivity index (χ3v) is 15.0. The first-order valence-corrected chi connectivity index (χ1v) is 28.4. The number of hydrogen-bond acceptors (Lipinski definition) is 15. The predicted molar refractivity (Wildman–Crippen MR) is 282 cm³/mol. The second-order valence-electron chi connectivity index (χ2n) is 16.5. The number of alkyl carbamates (subject to hydrolysis) is 2. The number of methoxy groups -OCH3 is 2. The molecule has 0 saturated carbocycles. The fraction of sp³-hybridized carbons (Fsp3) is 0.240. The molecule has 3 heterocycles. The average molecular weight is 1120 g/mol. The van der Waals surface area contributed by atoms with Gasteiger partial charge in [-0.3, -0.25) is 19.0 Å². The average Bonchev–Trinajstić information content (AvgIpc) is 4.21. The van der Waals surface area contributed by atoms with Gasteiger partial charge in [0, 0.05) is 43.5 Å². The van der Waals surface area contributed by atoms with Gasteiger partial charge in [0.1, 0.15) is 29.0 Å². The molecule has 7 rings (SSSR count). The molecule has 0 aliphatic rings. The standard InChI is InChI=1S/C26H26N4O6S3.C24H28N4O6S2/c1-36-26(32)29-21(15-17-6-3-2-4-7-17)24(31)27-20(22-16-38-25(28-22)23-8-5-13-37-23)14-18-9-11-19(12-10-18)30-39(33,34)35;1-3-22-25-21(15-35-22)19(13-17-9-11-18(12-10-17)28-36(31,32)33)26-23(29)20(27-24(30)34-2)14-16-7-5-4-6-8-16/h2-13,16,20-21,30H,14-15H2,1H3,(H,27,31)(H,29,32)(H,33,34,35);4-12,15,19-20,28H,3,13-14H2,1-2H3,(H,26,29)(H,27,30)(H,31,32,33)/t;19-,20-/m.0/s1. The molecule has 0 bridgehead atoms. The molecule has 0 radical (unpaired) electrons. The number of ether oxygens (including phenoxy) is 2. The number of H-pyrrole nitrogens is 2. The number of rotatable bonds is 22. The molecule has 396 valence electrons. The monoisotopic (exact) mass is 1120 g/mol. The summed E-state index contributed by atoms with van der Waals surface area (Å²) in [4.78, 5) is 58.6. The van der Waals surface area contributed by atoms with Crippen molar-refractivity contribution in [2.75, 3.05) is 23.7 Å². The highest BCUT2D eigenvalue weighted by Gasteiger charge is 2.31. The smallest absolute Gasteiger partial charge is 0.407 e. The number of carbonyl (C=O) groups excluding carboxylic acids is 4. The summed E-state index contributed by atoms with van der Waals surface area (Å²) < 4.78 is 79.1. The largest absolute Gasteiger partial charge is 0.731 e. The Kier molecular flexibility index (Phi) is 20.8. The van der Waals surface area contributed by atoms with Gasteiger partial charge in [-0.05, 0) is 58.0 Å². The molecule has 4 aromatic carbocycles. The number of amides is 4. The second kappa shape index (κ2) is 27.3. The number of nitrogens with one attached hydrogen (secondary N) is 8. The molecule has 4 amide bonds. The van der Waals surface area contributed by atoms with Gasteiger partial charge >= 0.3 is 12.2 Å². The van der Waals surface area contributed by atoms with E-state index in [-0.39, 0.29) is 30.1 Å². The van der Waals surface area contributed by atoms with Gasteiger partial charge in [-0.1, -0.05) is 121 Å². The third kappa shape index (κ3) is 18.9. The Bertz CT molecular complexity index is 3180. The van der Waals surface area contributed by atoms with Gasteiger partial charge in [0.15, 0.2) is 20.6 Å². The van der Waals surface area contributed by atoms with Gasteiger partial charge in [0.25, 0.3) is 5.01 Å². The maximum Gasteiger partial charge on any atom is 0.407 e. The number of anilines is 2. The SMILES string of the molecule is CCc1[nH+]c([C@H](Cc2ccc(NS(=O)(=O)[O-])cc2)NC(=O)[C@H](Cc2ccccc2)NC(=O)OC)cs1.COC(=O)NC(Cc1ccccc1)C(=O)NC(Cc1ccc(NS(=O)(=O)[O-])cc1)c1csc(-c2cccs2)[nH+]1. The quantitative estimate of drug-likeness (QED) is 0.0433. The van der Waals surface area contributed by atoms with Gasteiger partial charge in [0.2, 0.25) is 28.2 Å². The van der Waals surface area contributed by atoms with Crippen LogP contribution in [0.25, 0.3) is 9.88 Å². The molecule has 0 spiro atoms. The van der Waals surface area contributed by atoms with E-state index in [2.05, 4.69) is 31.2 Å². The summed E-state index contributed by atoms with van der Waals surface area (Å²) in [6, 6.07) is 32.5. The zero-order valence-corrected chi connectivity index (χ0v) is 44.6.